The minimum Gasteiger partial charge on any atom is -0.370 e. The summed E-state index contributed by atoms with van der Waals surface area (Å²) < 4.78 is 55.8. The van der Waals surface area contributed by atoms with Crippen molar-refractivity contribution in [2.24, 2.45) is 0 Å². The zero-order valence-corrected chi connectivity index (χ0v) is 20.9. The smallest absolute Gasteiger partial charge is 0.264 e. The zero-order chi connectivity index (χ0) is 24.3. The van der Waals surface area contributed by atoms with Gasteiger partial charge in [-0.05, 0) is 50.2 Å². The van der Waals surface area contributed by atoms with Crippen molar-refractivity contribution in [3.05, 3.63) is 54.7 Å². The van der Waals surface area contributed by atoms with Gasteiger partial charge in [0.15, 0.2) is 0 Å². The lowest BCUT2D eigenvalue weighted by Gasteiger charge is -2.28. The van der Waals surface area contributed by atoms with Gasteiger partial charge in [-0.3, -0.25) is 14.0 Å². The molecule has 0 bridgehead atoms. The lowest BCUT2D eigenvalue weighted by molar-refractivity contribution is 0.596. The highest BCUT2D eigenvalue weighted by Gasteiger charge is 2.25. The van der Waals surface area contributed by atoms with Crippen LogP contribution in [0.25, 0.3) is 10.9 Å². The molecule has 2 aromatic carbocycles. The van der Waals surface area contributed by atoms with E-state index in [1.165, 1.54) is 10.4 Å². The maximum Gasteiger partial charge on any atom is 0.264 e. The molecule has 0 radical (unpaired) electrons. The molecule has 1 aliphatic rings. The van der Waals surface area contributed by atoms with Crippen LogP contribution in [0.4, 0.5) is 17.1 Å². The summed E-state index contributed by atoms with van der Waals surface area (Å²) in [5.74, 6) is 0. The van der Waals surface area contributed by atoms with E-state index in [2.05, 4.69) is 19.9 Å². The molecule has 0 aliphatic carbocycles. The van der Waals surface area contributed by atoms with E-state index in [0.717, 1.165) is 44.5 Å². The van der Waals surface area contributed by atoms with E-state index in [1.807, 2.05) is 6.07 Å². The van der Waals surface area contributed by atoms with Gasteiger partial charge in [-0.1, -0.05) is 18.2 Å². The predicted molar refractivity (Wildman–Crippen MR) is 137 cm³/mol. The van der Waals surface area contributed by atoms with E-state index >= 15 is 0 Å². The van der Waals surface area contributed by atoms with Gasteiger partial charge in [0.25, 0.3) is 10.0 Å². The molecule has 0 spiro atoms. The topological polar surface area (TPSA) is 112 Å². The highest BCUT2D eigenvalue weighted by Crippen LogP contribution is 2.35. The van der Waals surface area contributed by atoms with Crippen molar-refractivity contribution in [1.29, 1.82) is 0 Å². The Balaban J connectivity index is 1.80. The van der Waals surface area contributed by atoms with Gasteiger partial charge in [-0.25, -0.2) is 16.8 Å². The van der Waals surface area contributed by atoms with Gasteiger partial charge in [0.1, 0.15) is 4.90 Å². The molecule has 11 heteroatoms. The van der Waals surface area contributed by atoms with E-state index in [-0.39, 0.29) is 22.8 Å². The van der Waals surface area contributed by atoms with E-state index in [0.29, 0.717) is 10.9 Å². The third-order valence-electron chi connectivity index (χ3n) is 5.77. The second kappa shape index (κ2) is 9.77. The molecule has 1 aromatic heterocycles. The Hall–Kier alpha value is -2.89. The molecule has 1 aliphatic heterocycles. The van der Waals surface area contributed by atoms with Gasteiger partial charge in [0.05, 0.1) is 23.1 Å². The first-order valence-electron chi connectivity index (χ1n) is 11.1. The van der Waals surface area contributed by atoms with Gasteiger partial charge in [0.2, 0.25) is 10.0 Å². The first-order valence-corrected chi connectivity index (χ1v) is 14.5. The van der Waals surface area contributed by atoms with E-state index in [4.69, 9.17) is 0 Å². The van der Waals surface area contributed by atoms with Gasteiger partial charge < -0.3 is 10.2 Å². The SMILES string of the molecule is CCN(c1cc(N2CCCNCC2)ccc1NS(=O)(=O)c1cccc2cccnc12)S(C)(=O)=O. The zero-order valence-electron chi connectivity index (χ0n) is 19.2. The summed E-state index contributed by atoms with van der Waals surface area (Å²) in [6.07, 6.45) is 3.62. The van der Waals surface area contributed by atoms with Crippen molar-refractivity contribution >= 4 is 48.0 Å². The molecular formula is C23H29N5O4S2. The number of pyridine rings is 1. The second-order valence-corrected chi connectivity index (χ2v) is 11.7. The maximum absolute atomic E-state index is 13.4. The lowest BCUT2D eigenvalue weighted by atomic mass is 10.2. The number of hydrogen-bond acceptors (Lipinski definition) is 7. The molecule has 3 aromatic rings. The average Bonchev–Trinajstić information content (AvgIpc) is 3.09. The van der Waals surface area contributed by atoms with Crippen LogP contribution in [0.2, 0.25) is 0 Å². The van der Waals surface area contributed by atoms with Crippen molar-refractivity contribution in [3.63, 3.8) is 0 Å². The van der Waals surface area contributed by atoms with E-state index in [1.54, 1.807) is 49.5 Å². The Bertz CT molecular complexity index is 1380. The molecule has 0 amide bonds. The summed E-state index contributed by atoms with van der Waals surface area (Å²) in [6.45, 7) is 5.22. The summed E-state index contributed by atoms with van der Waals surface area (Å²) in [5, 5.41) is 4.05. The van der Waals surface area contributed by atoms with Crippen LogP contribution >= 0.6 is 0 Å². The average molecular weight is 504 g/mol. The van der Waals surface area contributed by atoms with Gasteiger partial charge in [0, 0.05) is 43.4 Å². The van der Waals surface area contributed by atoms with Crippen molar-refractivity contribution < 1.29 is 16.8 Å². The Morgan fingerprint density at radius 2 is 1.85 bits per heavy atom. The number of nitrogens with zero attached hydrogens (tertiary/aromatic N) is 3. The number of hydrogen-bond donors (Lipinski definition) is 2. The van der Waals surface area contributed by atoms with Crippen LogP contribution in [0.3, 0.4) is 0 Å². The van der Waals surface area contributed by atoms with Crippen LogP contribution in [0.5, 0.6) is 0 Å². The van der Waals surface area contributed by atoms with E-state index < -0.39 is 20.0 Å². The molecular weight excluding hydrogens is 474 g/mol. The van der Waals surface area contributed by atoms with Crippen LogP contribution in [-0.4, -0.2) is 60.8 Å². The monoisotopic (exact) mass is 503 g/mol. The Morgan fingerprint density at radius 1 is 1.06 bits per heavy atom. The maximum atomic E-state index is 13.4. The van der Waals surface area contributed by atoms with Crippen molar-refractivity contribution in [2.45, 2.75) is 18.2 Å². The standard InChI is InChI=1S/C23H29N5O4S2/c1-3-28(33(2,29)30)21-17-19(27-15-6-12-24-14-16-27)10-11-20(21)26-34(31,32)22-9-4-7-18-8-5-13-25-23(18)22/h4-5,7-11,13,17,24,26H,3,6,12,14-16H2,1-2H3. The van der Waals surface area contributed by atoms with Crippen LogP contribution in [0.15, 0.2) is 59.6 Å². The number of anilines is 3. The molecule has 1 saturated heterocycles. The van der Waals surface area contributed by atoms with Gasteiger partial charge in [-0.15, -0.1) is 0 Å². The number of aromatic nitrogens is 1. The highest BCUT2D eigenvalue weighted by atomic mass is 32.2. The van der Waals surface area contributed by atoms with Crippen molar-refractivity contribution in [3.8, 4) is 0 Å². The number of fused-ring (bicyclic) bond motifs is 1. The van der Waals surface area contributed by atoms with Crippen LogP contribution in [-0.2, 0) is 20.0 Å². The minimum atomic E-state index is -4.05. The Morgan fingerprint density at radius 3 is 2.62 bits per heavy atom. The number of benzene rings is 2. The van der Waals surface area contributed by atoms with Crippen LogP contribution in [0.1, 0.15) is 13.3 Å². The summed E-state index contributed by atoms with van der Waals surface area (Å²) >= 11 is 0. The van der Waals surface area contributed by atoms with Gasteiger partial charge >= 0.3 is 0 Å². The molecule has 4 rings (SSSR count). The molecule has 182 valence electrons. The lowest BCUT2D eigenvalue weighted by Crippen LogP contribution is -2.32. The number of sulfonamides is 2. The molecule has 0 saturated carbocycles. The summed E-state index contributed by atoms with van der Waals surface area (Å²) in [5.41, 5.74) is 1.67. The molecule has 0 unspecified atom stereocenters. The normalized spacial score (nSPS) is 15.2. The number of nitrogens with one attached hydrogen (secondary N) is 2. The summed E-state index contributed by atoms with van der Waals surface area (Å²) in [6, 6.07) is 13.7. The third kappa shape index (κ3) is 5.11. The number of para-hydroxylation sites is 1. The molecule has 2 heterocycles. The summed E-state index contributed by atoms with van der Waals surface area (Å²) in [4.78, 5) is 6.45. The van der Waals surface area contributed by atoms with E-state index in [9.17, 15) is 16.8 Å². The number of rotatable bonds is 7. The third-order valence-corrected chi connectivity index (χ3v) is 8.42. The Labute approximate surface area is 200 Å². The predicted octanol–water partition coefficient (Wildman–Crippen LogP) is 2.62. The fraction of sp³-hybridized carbons (Fsp3) is 0.348. The highest BCUT2D eigenvalue weighted by molar-refractivity contribution is 7.93. The molecule has 2 N–H and O–H groups in total. The first-order chi connectivity index (χ1) is 16.2. The molecule has 9 nitrogen and oxygen atoms in total. The van der Waals surface area contributed by atoms with Crippen LogP contribution < -0.4 is 19.2 Å². The van der Waals surface area contributed by atoms with Crippen molar-refractivity contribution in [2.75, 3.05) is 52.9 Å². The molecule has 1 fully saturated rings. The first kappa shape index (κ1) is 24.2. The minimum absolute atomic E-state index is 0.0293. The second-order valence-electron chi connectivity index (χ2n) is 8.16. The summed E-state index contributed by atoms with van der Waals surface area (Å²) in [7, 11) is -7.70. The van der Waals surface area contributed by atoms with Crippen molar-refractivity contribution in [1.82, 2.24) is 10.3 Å². The fourth-order valence-electron chi connectivity index (χ4n) is 4.19. The quantitative estimate of drug-likeness (QED) is 0.510. The van der Waals surface area contributed by atoms with Crippen LogP contribution in [0, 0.1) is 0 Å². The largest absolute Gasteiger partial charge is 0.370 e. The Kier molecular flexibility index (Phi) is 6.96. The van der Waals surface area contributed by atoms with Gasteiger partial charge in [-0.2, -0.15) is 0 Å². The molecule has 34 heavy (non-hydrogen) atoms. The fourth-order valence-corrected chi connectivity index (χ4v) is 6.42. The molecule has 0 atom stereocenters.